The predicted molar refractivity (Wildman–Crippen MR) is 64.9 cm³/mol. The van der Waals surface area contributed by atoms with Crippen molar-refractivity contribution in [1.82, 2.24) is 0 Å². The van der Waals surface area contributed by atoms with Crippen molar-refractivity contribution in [3.8, 4) is 0 Å². The number of nitrogens with one attached hydrogen (secondary N) is 1. The van der Waals surface area contributed by atoms with E-state index in [1.807, 2.05) is 0 Å². The fourth-order valence-corrected chi connectivity index (χ4v) is 2.97. The zero-order chi connectivity index (χ0) is 14.1. The van der Waals surface area contributed by atoms with Crippen LogP contribution in [0.4, 0.5) is 10.1 Å². The van der Waals surface area contributed by atoms with Crippen LogP contribution in [-0.2, 0) is 13.6 Å². The first-order valence-corrected chi connectivity index (χ1v) is 6.95. The van der Waals surface area contributed by atoms with Crippen molar-refractivity contribution >= 4 is 13.4 Å². The van der Waals surface area contributed by atoms with Crippen molar-refractivity contribution in [3.05, 3.63) is 40.2 Å². The molecule has 2 rings (SSSR count). The summed E-state index contributed by atoms with van der Waals surface area (Å²) < 4.78 is 35.0. The Balaban J connectivity index is 2.07. The minimum absolute atomic E-state index is 0.216. The molecule has 19 heavy (non-hydrogen) atoms. The molecule has 0 spiro atoms. The molecule has 0 aromatic heterocycles. The van der Waals surface area contributed by atoms with Crippen molar-refractivity contribution in [2.75, 3.05) is 18.3 Å². The van der Waals surface area contributed by atoms with Gasteiger partial charge in [-0.25, -0.2) is 8.96 Å². The maximum absolute atomic E-state index is 13.0. The lowest BCUT2D eigenvalue weighted by Crippen LogP contribution is -2.47. The quantitative estimate of drug-likeness (QED) is 0.522. The highest BCUT2D eigenvalue weighted by Crippen LogP contribution is 2.52. The molecule has 1 aliphatic heterocycles. The number of nitrogens with zero attached hydrogens (tertiary/aromatic N) is 1. The van der Waals surface area contributed by atoms with Crippen LogP contribution in [0.2, 0.25) is 0 Å². The Hall–Kier alpha value is -1.50. The highest BCUT2D eigenvalue weighted by atomic mass is 31.2. The van der Waals surface area contributed by atoms with Crippen LogP contribution in [0.25, 0.3) is 0 Å². The van der Waals surface area contributed by atoms with Crippen LogP contribution in [0.15, 0.2) is 24.3 Å². The maximum Gasteiger partial charge on any atom is 0.433 e. The number of benzene rings is 1. The second-order valence-corrected chi connectivity index (χ2v) is 6.16. The molecule has 1 N–H and O–H groups in total. The Morgan fingerprint density at radius 2 is 2.11 bits per heavy atom. The van der Waals surface area contributed by atoms with E-state index in [-0.39, 0.29) is 18.9 Å². The Bertz CT molecular complexity index is 540. The van der Waals surface area contributed by atoms with Crippen LogP contribution in [0, 0.1) is 15.9 Å². The summed E-state index contributed by atoms with van der Waals surface area (Å²) in [5.41, 5.74) is -1.22. The number of halogens is 1. The van der Waals surface area contributed by atoms with E-state index in [9.17, 15) is 19.1 Å². The first-order chi connectivity index (χ1) is 8.83. The molecule has 0 amide bonds. The summed E-state index contributed by atoms with van der Waals surface area (Å²) in [6.07, 6.45) is 0. The van der Waals surface area contributed by atoms with Gasteiger partial charge in [0.05, 0.1) is 0 Å². The van der Waals surface area contributed by atoms with Crippen LogP contribution >= 0.6 is 7.75 Å². The van der Waals surface area contributed by atoms with Crippen LogP contribution in [0.5, 0.6) is 0 Å². The number of anilines is 1. The first kappa shape index (κ1) is 13.9. The van der Waals surface area contributed by atoms with Crippen molar-refractivity contribution in [3.63, 3.8) is 0 Å². The topological polar surface area (TPSA) is 90.7 Å². The predicted octanol–water partition coefficient (Wildman–Crippen LogP) is 2.43. The molecule has 1 aromatic rings. The molecule has 7 nitrogen and oxygen atoms in total. The van der Waals surface area contributed by atoms with E-state index in [2.05, 4.69) is 5.09 Å². The molecular formula is C10H12FN2O5P. The normalized spacial score (nSPS) is 30.8. The van der Waals surface area contributed by atoms with Crippen molar-refractivity contribution in [1.29, 1.82) is 0 Å². The largest absolute Gasteiger partial charge is 0.433 e. The standard InChI is InChI=1S/C10H12FN2O5P/c1-10(13(14)15)6-17-19(16,18-7-10)12-9-4-2-3-8(11)5-9/h2-5H,6-7H2,1H3,(H,12,16). The summed E-state index contributed by atoms with van der Waals surface area (Å²) in [6, 6.07) is 5.26. The number of rotatable bonds is 3. The summed E-state index contributed by atoms with van der Waals surface area (Å²) in [5.74, 6) is -0.510. The van der Waals surface area contributed by atoms with Gasteiger partial charge in [-0.1, -0.05) is 6.07 Å². The number of hydrogen-bond acceptors (Lipinski definition) is 5. The Kier molecular flexibility index (Phi) is 3.58. The second kappa shape index (κ2) is 4.88. The van der Waals surface area contributed by atoms with Gasteiger partial charge in [-0.2, -0.15) is 0 Å². The molecule has 0 aliphatic carbocycles. The summed E-state index contributed by atoms with van der Waals surface area (Å²) in [4.78, 5) is 10.2. The lowest BCUT2D eigenvalue weighted by atomic mass is 10.1. The van der Waals surface area contributed by atoms with E-state index in [1.54, 1.807) is 0 Å². The molecule has 0 unspecified atom stereocenters. The molecule has 1 aliphatic rings. The lowest BCUT2D eigenvalue weighted by Gasteiger charge is -2.30. The molecule has 0 saturated carbocycles. The van der Waals surface area contributed by atoms with E-state index in [4.69, 9.17) is 9.05 Å². The zero-order valence-corrected chi connectivity index (χ0v) is 10.9. The molecule has 0 bridgehead atoms. The average Bonchev–Trinajstić information content (AvgIpc) is 2.33. The second-order valence-electron chi connectivity index (χ2n) is 4.42. The van der Waals surface area contributed by atoms with Crippen LogP contribution < -0.4 is 5.09 Å². The molecule has 1 fully saturated rings. The van der Waals surface area contributed by atoms with E-state index >= 15 is 0 Å². The molecule has 0 atom stereocenters. The zero-order valence-electron chi connectivity index (χ0n) is 10.0. The van der Waals surface area contributed by atoms with Gasteiger partial charge in [-0.05, 0) is 18.2 Å². The maximum atomic E-state index is 13.0. The van der Waals surface area contributed by atoms with Gasteiger partial charge in [0.25, 0.3) is 5.54 Å². The molecule has 1 aromatic carbocycles. The molecule has 0 radical (unpaired) electrons. The molecule has 104 valence electrons. The third-order valence-electron chi connectivity index (χ3n) is 2.62. The van der Waals surface area contributed by atoms with Gasteiger partial charge in [-0.3, -0.25) is 24.2 Å². The van der Waals surface area contributed by atoms with Gasteiger partial charge in [0.2, 0.25) is 0 Å². The van der Waals surface area contributed by atoms with Gasteiger partial charge in [0, 0.05) is 17.5 Å². The lowest BCUT2D eigenvalue weighted by molar-refractivity contribution is -0.572. The van der Waals surface area contributed by atoms with E-state index in [1.165, 1.54) is 25.1 Å². The van der Waals surface area contributed by atoms with Crippen molar-refractivity contribution in [2.24, 2.45) is 0 Å². The van der Waals surface area contributed by atoms with Crippen LogP contribution in [0.3, 0.4) is 0 Å². The fraction of sp³-hybridized carbons (Fsp3) is 0.400. The van der Waals surface area contributed by atoms with Crippen molar-refractivity contribution in [2.45, 2.75) is 12.5 Å². The Morgan fingerprint density at radius 1 is 1.47 bits per heavy atom. The fourth-order valence-electron chi connectivity index (χ4n) is 1.41. The average molecular weight is 290 g/mol. The molecule has 1 saturated heterocycles. The number of nitro groups is 1. The third kappa shape index (κ3) is 3.09. The van der Waals surface area contributed by atoms with Crippen LogP contribution in [0.1, 0.15) is 6.92 Å². The molecular weight excluding hydrogens is 278 g/mol. The smallest absolute Gasteiger partial charge is 0.293 e. The Labute approximate surface area is 108 Å². The SMILES string of the molecule is CC1([N+](=O)[O-])COP(=O)(Nc2cccc(F)c2)OC1. The molecule has 9 heteroatoms. The summed E-state index contributed by atoms with van der Waals surface area (Å²) in [6.45, 7) is 0.637. The van der Waals surface area contributed by atoms with Gasteiger partial charge < -0.3 is 0 Å². The third-order valence-corrected chi connectivity index (χ3v) is 4.09. The molecule has 1 heterocycles. The summed E-state index contributed by atoms with van der Waals surface area (Å²) in [7, 11) is -3.70. The summed E-state index contributed by atoms with van der Waals surface area (Å²) >= 11 is 0. The highest BCUT2D eigenvalue weighted by molar-refractivity contribution is 7.55. The van der Waals surface area contributed by atoms with Crippen LogP contribution in [-0.4, -0.2) is 23.7 Å². The first-order valence-electron chi connectivity index (χ1n) is 5.40. The van der Waals surface area contributed by atoms with Crippen molar-refractivity contribution < 1.29 is 22.9 Å². The highest BCUT2D eigenvalue weighted by Gasteiger charge is 2.48. The van der Waals surface area contributed by atoms with E-state index < -0.39 is 24.0 Å². The monoisotopic (exact) mass is 290 g/mol. The minimum atomic E-state index is -3.70. The summed E-state index contributed by atoms with van der Waals surface area (Å²) in [5, 5.41) is 13.2. The van der Waals surface area contributed by atoms with E-state index in [0.29, 0.717) is 0 Å². The minimum Gasteiger partial charge on any atom is -0.293 e. The van der Waals surface area contributed by atoms with E-state index in [0.717, 1.165) is 6.07 Å². The van der Waals surface area contributed by atoms with Gasteiger partial charge >= 0.3 is 7.75 Å². The number of hydrogen-bond donors (Lipinski definition) is 1. The van der Waals surface area contributed by atoms with Gasteiger partial charge in [0.1, 0.15) is 19.0 Å². The van der Waals surface area contributed by atoms with Gasteiger partial charge in [-0.15, -0.1) is 0 Å². The van der Waals surface area contributed by atoms with Gasteiger partial charge in [0.15, 0.2) is 0 Å². The Morgan fingerprint density at radius 3 is 2.63 bits per heavy atom.